The van der Waals surface area contributed by atoms with Gasteiger partial charge in [-0.05, 0) is 32.0 Å². The number of benzene rings is 2. The summed E-state index contributed by atoms with van der Waals surface area (Å²) in [6, 6.07) is 13.9. The summed E-state index contributed by atoms with van der Waals surface area (Å²) >= 11 is 0. The molecule has 0 saturated heterocycles. The summed E-state index contributed by atoms with van der Waals surface area (Å²) in [4.78, 5) is 18.3. The topological polar surface area (TPSA) is 66.6 Å². The maximum Gasteiger partial charge on any atom is 0.128 e. The summed E-state index contributed by atoms with van der Waals surface area (Å²) in [5.74, 6) is 1.43. The largest absolute Gasteiger partial charge is 0.497 e. The minimum Gasteiger partial charge on any atom is -0.497 e. The van der Waals surface area contributed by atoms with Crippen LogP contribution in [0.4, 0.5) is 5.69 Å². The Morgan fingerprint density at radius 1 is 1.32 bits per heavy atom. The van der Waals surface area contributed by atoms with E-state index in [9.17, 15) is 4.79 Å². The standard InChI is InChI=1S/C22H24N4O2/c1-15-5-7-17(8-6-15)22-20-13-19(28-4)9-10-21(20)26(16(2)25-23-3)14-18(24-22)11-12-27/h5-10,12-13,18H,3,11,14H2,1-2,4H3/b25-16-. The number of aryl methyl sites for hydroxylation is 1. The molecule has 1 unspecified atom stereocenters. The number of methoxy groups -OCH3 is 1. The van der Waals surface area contributed by atoms with E-state index in [1.165, 1.54) is 5.56 Å². The zero-order valence-electron chi connectivity index (χ0n) is 16.4. The van der Waals surface area contributed by atoms with Crippen molar-refractivity contribution in [3.63, 3.8) is 0 Å². The Balaban J connectivity index is 2.24. The molecule has 3 rings (SSSR count). The lowest BCUT2D eigenvalue weighted by Crippen LogP contribution is -2.35. The van der Waals surface area contributed by atoms with Gasteiger partial charge in [-0.3, -0.25) is 4.99 Å². The molecule has 1 atom stereocenters. The van der Waals surface area contributed by atoms with E-state index in [4.69, 9.17) is 9.73 Å². The molecule has 0 N–H and O–H groups in total. The molecule has 0 bridgehead atoms. The fourth-order valence-electron chi connectivity index (χ4n) is 3.31. The summed E-state index contributed by atoms with van der Waals surface area (Å²) in [5.41, 5.74) is 4.88. The number of aliphatic imine (C=N–C) groups is 1. The van der Waals surface area contributed by atoms with Gasteiger partial charge in [0, 0.05) is 30.8 Å². The van der Waals surface area contributed by atoms with Crippen LogP contribution in [0.3, 0.4) is 0 Å². The molecular weight excluding hydrogens is 352 g/mol. The summed E-state index contributed by atoms with van der Waals surface area (Å²) in [6.45, 7) is 7.91. The van der Waals surface area contributed by atoms with Gasteiger partial charge in [-0.15, -0.1) is 5.10 Å². The quantitative estimate of drug-likeness (QED) is 0.346. The number of carbonyl (C=O) groups excluding carboxylic acids is 1. The molecule has 0 fully saturated rings. The maximum atomic E-state index is 11.3. The predicted molar refractivity (Wildman–Crippen MR) is 114 cm³/mol. The molecule has 6 nitrogen and oxygen atoms in total. The summed E-state index contributed by atoms with van der Waals surface area (Å²) in [5, 5.41) is 7.79. The molecule has 2 aromatic carbocycles. The second-order valence-corrected chi connectivity index (χ2v) is 6.68. The third-order valence-electron chi connectivity index (χ3n) is 4.75. The van der Waals surface area contributed by atoms with Crippen LogP contribution in [-0.2, 0) is 4.79 Å². The zero-order chi connectivity index (χ0) is 20.1. The smallest absolute Gasteiger partial charge is 0.128 e. The molecule has 2 aromatic rings. The van der Waals surface area contributed by atoms with Gasteiger partial charge in [0.05, 0.1) is 24.6 Å². The van der Waals surface area contributed by atoms with Gasteiger partial charge in [-0.2, -0.15) is 5.10 Å². The van der Waals surface area contributed by atoms with Gasteiger partial charge >= 0.3 is 0 Å². The molecule has 0 aromatic heterocycles. The average Bonchev–Trinajstić information content (AvgIpc) is 2.86. The predicted octanol–water partition coefficient (Wildman–Crippen LogP) is 3.65. The SMILES string of the molecule is C=N/N=C(/C)N1CC(CC=O)N=C(c2ccc(C)cc2)c2cc(OC)ccc21. The third-order valence-corrected chi connectivity index (χ3v) is 4.75. The molecule has 1 heterocycles. The van der Waals surface area contributed by atoms with Gasteiger partial charge in [-0.25, -0.2) is 0 Å². The van der Waals surface area contributed by atoms with Crippen molar-refractivity contribution in [2.45, 2.75) is 26.3 Å². The Labute approximate surface area is 165 Å². The molecule has 1 aliphatic rings. The van der Waals surface area contributed by atoms with Crippen LogP contribution < -0.4 is 9.64 Å². The van der Waals surface area contributed by atoms with E-state index in [2.05, 4.69) is 48.1 Å². The minimum atomic E-state index is -0.206. The fourth-order valence-corrected chi connectivity index (χ4v) is 3.31. The Morgan fingerprint density at radius 2 is 2.07 bits per heavy atom. The van der Waals surface area contributed by atoms with Crippen molar-refractivity contribution in [3.05, 3.63) is 59.2 Å². The number of benzodiazepines with no additional fused rings is 1. The Bertz CT molecular complexity index is 932. The zero-order valence-corrected chi connectivity index (χ0v) is 16.4. The highest BCUT2D eigenvalue weighted by Crippen LogP contribution is 2.32. The third kappa shape index (κ3) is 4.01. The summed E-state index contributed by atoms with van der Waals surface area (Å²) in [7, 11) is 1.64. The Hall–Kier alpha value is -3.28. The first kappa shape index (κ1) is 19.5. The van der Waals surface area contributed by atoms with E-state index in [1.54, 1.807) is 7.11 Å². The van der Waals surface area contributed by atoms with Crippen LogP contribution in [-0.4, -0.2) is 44.2 Å². The monoisotopic (exact) mass is 376 g/mol. The molecular formula is C22H24N4O2. The van der Waals surface area contributed by atoms with E-state index >= 15 is 0 Å². The number of hydrogen-bond donors (Lipinski definition) is 0. The highest BCUT2D eigenvalue weighted by molar-refractivity contribution is 6.18. The summed E-state index contributed by atoms with van der Waals surface area (Å²) in [6.07, 6.45) is 1.24. The van der Waals surface area contributed by atoms with Crippen LogP contribution in [0.2, 0.25) is 0 Å². The van der Waals surface area contributed by atoms with Gasteiger partial charge in [0.25, 0.3) is 0 Å². The van der Waals surface area contributed by atoms with E-state index < -0.39 is 0 Å². The number of fused-ring (bicyclic) bond motifs is 1. The molecule has 0 amide bonds. The second-order valence-electron chi connectivity index (χ2n) is 6.68. The normalized spacial score (nSPS) is 16.7. The summed E-state index contributed by atoms with van der Waals surface area (Å²) < 4.78 is 5.45. The minimum absolute atomic E-state index is 0.206. The average molecular weight is 376 g/mol. The highest BCUT2D eigenvalue weighted by Gasteiger charge is 2.26. The number of nitrogens with zero attached hydrogens (tertiary/aromatic N) is 4. The molecule has 6 heteroatoms. The van der Waals surface area contributed by atoms with Gasteiger partial charge in [0.1, 0.15) is 17.9 Å². The molecule has 0 aliphatic carbocycles. The first-order valence-corrected chi connectivity index (χ1v) is 9.12. The number of carbonyl (C=O) groups is 1. The van der Waals surface area contributed by atoms with Crippen molar-refractivity contribution in [2.24, 2.45) is 15.2 Å². The van der Waals surface area contributed by atoms with Crippen molar-refractivity contribution in [3.8, 4) is 5.75 Å². The van der Waals surface area contributed by atoms with Crippen molar-refractivity contribution >= 4 is 30.2 Å². The molecule has 28 heavy (non-hydrogen) atoms. The van der Waals surface area contributed by atoms with E-state index in [0.717, 1.165) is 34.6 Å². The van der Waals surface area contributed by atoms with E-state index in [1.807, 2.05) is 30.0 Å². The van der Waals surface area contributed by atoms with Crippen molar-refractivity contribution in [1.82, 2.24) is 0 Å². The maximum absolute atomic E-state index is 11.3. The number of aldehydes is 1. The lowest BCUT2D eigenvalue weighted by atomic mass is 9.99. The van der Waals surface area contributed by atoms with E-state index in [-0.39, 0.29) is 6.04 Å². The van der Waals surface area contributed by atoms with Crippen molar-refractivity contribution in [1.29, 1.82) is 0 Å². The van der Waals surface area contributed by atoms with E-state index in [0.29, 0.717) is 18.8 Å². The molecule has 0 spiro atoms. The lowest BCUT2D eigenvalue weighted by Gasteiger charge is -2.26. The number of hydrogen-bond acceptors (Lipinski definition) is 5. The lowest BCUT2D eigenvalue weighted by molar-refractivity contribution is -0.108. The Kier molecular flexibility index (Phi) is 5.99. The van der Waals surface area contributed by atoms with Gasteiger partial charge in [0.15, 0.2) is 0 Å². The van der Waals surface area contributed by atoms with Crippen LogP contribution in [0, 0.1) is 6.92 Å². The van der Waals surface area contributed by atoms with Crippen LogP contribution in [0.15, 0.2) is 57.7 Å². The first-order chi connectivity index (χ1) is 13.6. The second kappa shape index (κ2) is 8.61. The van der Waals surface area contributed by atoms with Crippen LogP contribution in [0.25, 0.3) is 0 Å². The molecule has 1 aliphatic heterocycles. The van der Waals surface area contributed by atoms with Gasteiger partial charge in [-0.1, -0.05) is 29.8 Å². The van der Waals surface area contributed by atoms with Crippen molar-refractivity contribution < 1.29 is 9.53 Å². The number of ether oxygens (including phenoxy) is 1. The van der Waals surface area contributed by atoms with Crippen LogP contribution in [0.5, 0.6) is 5.75 Å². The van der Waals surface area contributed by atoms with Gasteiger partial charge in [0.2, 0.25) is 0 Å². The highest BCUT2D eigenvalue weighted by atomic mass is 16.5. The van der Waals surface area contributed by atoms with Crippen molar-refractivity contribution in [2.75, 3.05) is 18.6 Å². The Morgan fingerprint density at radius 3 is 2.71 bits per heavy atom. The molecule has 0 saturated carbocycles. The molecule has 0 radical (unpaired) electrons. The number of anilines is 1. The first-order valence-electron chi connectivity index (χ1n) is 9.12. The number of rotatable bonds is 5. The fraction of sp³-hybridized carbons (Fsp3) is 0.273. The molecule has 144 valence electrons. The van der Waals surface area contributed by atoms with Gasteiger partial charge < -0.3 is 14.4 Å². The van der Waals surface area contributed by atoms with Crippen LogP contribution in [0.1, 0.15) is 30.0 Å². The van der Waals surface area contributed by atoms with Crippen LogP contribution >= 0.6 is 0 Å². The number of amidine groups is 1.